The topological polar surface area (TPSA) is 131 Å². The summed E-state index contributed by atoms with van der Waals surface area (Å²) in [5.74, 6) is 0.0404. The fourth-order valence-electron chi connectivity index (χ4n) is 4.40. The van der Waals surface area contributed by atoms with Crippen LogP contribution in [0, 0.1) is 0 Å². The first kappa shape index (κ1) is 28.8. The molecule has 1 aliphatic carbocycles. The number of nitrogens with one attached hydrogen (secondary N) is 3. The first-order chi connectivity index (χ1) is 19.1. The van der Waals surface area contributed by atoms with Gasteiger partial charge in [-0.15, -0.1) is 0 Å². The molecule has 5 N–H and O–H groups in total. The monoisotopic (exact) mass is 694 g/mol. The van der Waals surface area contributed by atoms with Gasteiger partial charge in [-0.05, 0) is 40.3 Å². The molecule has 0 saturated carbocycles. The average molecular weight is 695 g/mol. The number of sulfone groups is 1. The largest absolute Gasteiger partial charge is 0.388 e. The predicted octanol–water partition coefficient (Wildman–Crippen LogP) is 3.90. The molecular formula is C27H28FIN6O3S2. The Balaban J connectivity index is 1.39. The number of rotatable bonds is 9. The molecule has 9 nitrogen and oxygen atoms in total. The van der Waals surface area contributed by atoms with Gasteiger partial charge in [0.25, 0.3) is 0 Å². The molecular weight excluding hydrogens is 666 g/mol. The Labute approximate surface area is 250 Å². The zero-order chi connectivity index (χ0) is 28.4. The summed E-state index contributed by atoms with van der Waals surface area (Å²) in [5.41, 5.74) is 9.63. The summed E-state index contributed by atoms with van der Waals surface area (Å²) in [6, 6.07) is 11.4. The zero-order valence-corrected chi connectivity index (χ0v) is 25.3. The molecule has 0 amide bonds. The number of hydrogen-bond acceptors (Lipinski definition) is 10. The van der Waals surface area contributed by atoms with E-state index in [4.69, 9.17) is 10.5 Å². The second kappa shape index (κ2) is 11.6. The lowest BCUT2D eigenvalue weighted by molar-refractivity contribution is 0.0106. The maximum absolute atomic E-state index is 15.9. The minimum absolute atomic E-state index is 0.0404. The van der Waals surface area contributed by atoms with E-state index in [0.717, 1.165) is 16.3 Å². The number of nitrogens with zero attached hydrogens (tertiary/aromatic N) is 2. The van der Waals surface area contributed by atoms with Crippen molar-refractivity contribution >= 4 is 61.9 Å². The summed E-state index contributed by atoms with van der Waals surface area (Å²) in [6.45, 7) is 0.513. The number of pyridine rings is 1. The Morgan fingerprint density at radius 2 is 2.12 bits per heavy atom. The smallest absolute Gasteiger partial charge is 0.209 e. The molecule has 2 aromatic rings. The quantitative estimate of drug-likeness (QED) is 0.176. The number of thioether (sulfide) groups is 1. The van der Waals surface area contributed by atoms with Crippen LogP contribution in [-0.2, 0) is 26.8 Å². The minimum Gasteiger partial charge on any atom is -0.388 e. The van der Waals surface area contributed by atoms with Gasteiger partial charge in [0.2, 0.25) is 3.68 Å². The molecule has 210 valence electrons. The molecule has 0 fully saturated rings. The summed E-state index contributed by atoms with van der Waals surface area (Å²) in [4.78, 5) is 9.18. The third kappa shape index (κ3) is 6.43. The SMILES string of the molecule is CS(=O)(=O)CCNC=C1NC(c2cc3c(cn2)NC=NC3(N)C2=CC=CC(F)(I)C2OCc2ccccc2)=CS1. The highest BCUT2D eigenvalue weighted by molar-refractivity contribution is 14.1. The van der Waals surface area contributed by atoms with E-state index < -0.39 is 25.3 Å². The van der Waals surface area contributed by atoms with Crippen LogP contribution >= 0.6 is 34.4 Å². The third-order valence-corrected chi connectivity index (χ3v) is 9.11. The number of aromatic nitrogens is 1. The maximum atomic E-state index is 15.9. The number of hydrogen-bond donors (Lipinski definition) is 4. The number of ether oxygens (including phenoxy) is 1. The van der Waals surface area contributed by atoms with Gasteiger partial charge in [-0.2, -0.15) is 0 Å². The number of allylic oxidation sites excluding steroid dienone is 2. The highest BCUT2D eigenvalue weighted by Gasteiger charge is 2.48. The van der Waals surface area contributed by atoms with Gasteiger partial charge in [-0.25, -0.2) is 17.8 Å². The highest BCUT2D eigenvalue weighted by Crippen LogP contribution is 2.46. The normalized spacial score (nSPS) is 26.5. The van der Waals surface area contributed by atoms with Crippen molar-refractivity contribution in [3.05, 3.63) is 99.9 Å². The van der Waals surface area contributed by atoms with E-state index in [9.17, 15) is 8.42 Å². The van der Waals surface area contributed by atoms with Gasteiger partial charge in [0, 0.05) is 35.5 Å². The van der Waals surface area contributed by atoms with Crippen LogP contribution in [0.4, 0.5) is 10.1 Å². The van der Waals surface area contributed by atoms with E-state index in [1.165, 1.54) is 30.4 Å². The molecule has 0 spiro atoms. The number of halogens is 2. The molecule has 2 aliphatic heterocycles. The van der Waals surface area contributed by atoms with Crippen LogP contribution in [0.3, 0.4) is 0 Å². The van der Waals surface area contributed by atoms with Crippen molar-refractivity contribution in [1.29, 1.82) is 0 Å². The number of aliphatic imine (C=N–C) groups is 1. The lowest BCUT2D eigenvalue weighted by atomic mass is 9.83. The Morgan fingerprint density at radius 3 is 2.90 bits per heavy atom. The van der Waals surface area contributed by atoms with Gasteiger partial charge < -0.3 is 20.7 Å². The lowest BCUT2D eigenvalue weighted by Gasteiger charge is -2.40. The van der Waals surface area contributed by atoms with Crippen LogP contribution in [0.5, 0.6) is 0 Å². The Hall–Kier alpha value is -2.72. The molecule has 3 aliphatic rings. The molecule has 5 rings (SSSR count). The van der Waals surface area contributed by atoms with Crippen LogP contribution in [0.15, 0.2) is 88.0 Å². The van der Waals surface area contributed by atoms with E-state index in [-0.39, 0.29) is 12.4 Å². The fraction of sp³-hybridized carbons (Fsp3) is 0.259. The molecule has 3 unspecified atom stereocenters. The molecule has 3 atom stereocenters. The van der Waals surface area contributed by atoms with Crippen LogP contribution in [0.1, 0.15) is 16.8 Å². The van der Waals surface area contributed by atoms with Crippen LogP contribution < -0.4 is 21.7 Å². The first-order valence-corrected chi connectivity index (χ1v) is 16.4. The van der Waals surface area contributed by atoms with Crippen LogP contribution in [-0.4, -0.2) is 48.1 Å². The van der Waals surface area contributed by atoms with E-state index in [0.29, 0.717) is 29.1 Å². The molecule has 0 bridgehead atoms. The summed E-state index contributed by atoms with van der Waals surface area (Å²) in [7, 11) is -3.05. The van der Waals surface area contributed by atoms with E-state index in [2.05, 4.69) is 25.9 Å². The van der Waals surface area contributed by atoms with E-state index in [1.807, 2.05) is 41.8 Å². The number of anilines is 1. The maximum Gasteiger partial charge on any atom is 0.209 e. The van der Waals surface area contributed by atoms with E-state index in [1.54, 1.807) is 47.1 Å². The molecule has 40 heavy (non-hydrogen) atoms. The molecule has 0 saturated heterocycles. The van der Waals surface area contributed by atoms with Gasteiger partial charge in [0.15, 0.2) is 5.66 Å². The molecule has 1 aromatic heterocycles. The second-order valence-corrected chi connectivity index (χ2v) is 14.3. The predicted molar refractivity (Wildman–Crippen MR) is 167 cm³/mol. The van der Waals surface area contributed by atoms with Crippen molar-refractivity contribution in [1.82, 2.24) is 15.6 Å². The Kier molecular flexibility index (Phi) is 8.38. The van der Waals surface area contributed by atoms with Gasteiger partial charge in [0.1, 0.15) is 15.9 Å². The summed E-state index contributed by atoms with van der Waals surface area (Å²) in [5, 5.41) is 12.1. The van der Waals surface area contributed by atoms with Gasteiger partial charge in [-0.3, -0.25) is 10.7 Å². The van der Waals surface area contributed by atoms with Crippen molar-refractivity contribution in [3.63, 3.8) is 0 Å². The Bertz CT molecular complexity index is 1540. The number of alkyl halides is 2. The standard InChI is InChI=1S/C27H28FIN6O3S2/c1-40(36,37)11-10-31-14-24-35-23(16-39-24)21-12-20-22(13-32-21)33-17-34-27(20,30)19-8-5-9-26(28,29)25(19)38-15-18-6-3-2-4-7-18/h2-9,12-14,16-17,25,31,35H,10-11,15,30H2,1H3,(H,33,34). The highest BCUT2D eigenvalue weighted by atomic mass is 127. The summed E-state index contributed by atoms with van der Waals surface area (Å²) >= 11 is 3.19. The second-order valence-electron chi connectivity index (χ2n) is 9.48. The lowest BCUT2D eigenvalue weighted by Crippen LogP contribution is -2.49. The molecule has 13 heteroatoms. The fourth-order valence-corrected chi connectivity index (χ4v) is 6.35. The zero-order valence-electron chi connectivity index (χ0n) is 21.5. The van der Waals surface area contributed by atoms with Crippen molar-refractivity contribution in [2.24, 2.45) is 10.7 Å². The summed E-state index contributed by atoms with van der Waals surface area (Å²) in [6.07, 6.45) is 9.98. The van der Waals surface area contributed by atoms with Gasteiger partial charge in [0.05, 0.1) is 47.0 Å². The average Bonchev–Trinajstić information content (AvgIpc) is 3.39. The van der Waals surface area contributed by atoms with Crippen molar-refractivity contribution in [2.75, 3.05) is 23.9 Å². The molecule has 1 aromatic carbocycles. The van der Waals surface area contributed by atoms with E-state index >= 15 is 4.39 Å². The Morgan fingerprint density at radius 1 is 1.32 bits per heavy atom. The van der Waals surface area contributed by atoms with Crippen molar-refractivity contribution in [3.8, 4) is 0 Å². The summed E-state index contributed by atoms with van der Waals surface area (Å²) < 4.78 is 42.9. The van der Waals surface area contributed by atoms with Crippen molar-refractivity contribution in [2.45, 2.75) is 22.0 Å². The number of nitrogens with two attached hydrogens (primary N) is 1. The first-order valence-electron chi connectivity index (χ1n) is 12.3. The van der Waals surface area contributed by atoms with Gasteiger partial charge in [-0.1, -0.05) is 54.2 Å². The third-order valence-electron chi connectivity index (χ3n) is 6.42. The molecule has 0 radical (unpaired) electrons. The number of benzene rings is 1. The number of fused-ring (bicyclic) bond motifs is 1. The van der Waals surface area contributed by atoms with Crippen LogP contribution in [0.2, 0.25) is 0 Å². The molecule has 3 heterocycles. The minimum atomic E-state index is -3.05. The van der Waals surface area contributed by atoms with Crippen molar-refractivity contribution < 1.29 is 17.5 Å². The van der Waals surface area contributed by atoms with Crippen LogP contribution in [0.25, 0.3) is 5.70 Å². The van der Waals surface area contributed by atoms with Gasteiger partial charge >= 0.3 is 0 Å².